The van der Waals surface area contributed by atoms with E-state index in [0.29, 0.717) is 11.6 Å². The molecule has 0 aliphatic rings. The average molecular weight is 276 g/mol. The van der Waals surface area contributed by atoms with Gasteiger partial charge in [-0.1, -0.05) is 6.07 Å². The highest BCUT2D eigenvalue weighted by Crippen LogP contribution is 2.22. The van der Waals surface area contributed by atoms with Gasteiger partial charge in [-0.2, -0.15) is 0 Å². The number of methoxy groups -OCH3 is 1. The van der Waals surface area contributed by atoms with Crippen LogP contribution in [-0.2, 0) is 5.75 Å². The lowest BCUT2D eigenvalue weighted by Crippen LogP contribution is -1.99. The van der Waals surface area contributed by atoms with Crippen LogP contribution in [0.25, 0.3) is 0 Å². The van der Waals surface area contributed by atoms with Gasteiger partial charge >= 0.3 is 5.97 Å². The van der Waals surface area contributed by atoms with Crippen LogP contribution in [0.5, 0.6) is 5.88 Å². The number of hydrogen-bond donors (Lipinski definition) is 1. The van der Waals surface area contributed by atoms with E-state index in [9.17, 15) is 4.79 Å². The van der Waals surface area contributed by atoms with Gasteiger partial charge in [-0.3, -0.25) is 0 Å². The van der Waals surface area contributed by atoms with Crippen molar-refractivity contribution in [3.05, 3.63) is 47.9 Å². The summed E-state index contributed by atoms with van der Waals surface area (Å²) in [5.41, 5.74) is 0.918. The molecule has 2 aromatic heterocycles. The SMILES string of the molecule is COc1cccc(CSc2ccnc(C(=O)O)c2)n1. The van der Waals surface area contributed by atoms with Crippen LogP contribution in [0.3, 0.4) is 0 Å². The summed E-state index contributed by atoms with van der Waals surface area (Å²) in [5.74, 6) is 0.182. The van der Waals surface area contributed by atoms with Gasteiger partial charge in [0, 0.05) is 22.9 Å². The summed E-state index contributed by atoms with van der Waals surface area (Å²) in [5, 5.41) is 8.86. The number of carboxylic acid groups (broad SMARTS) is 1. The topological polar surface area (TPSA) is 72.3 Å². The summed E-state index contributed by atoms with van der Waals surface area (Å²) < 4.78 is 5.05. The monoisotopic (exact) mass is 276 g/mol. The quantitative estimate of drug-likeness (QED) is 0.846. The molecule has 0 radical (unpaired) electrons. The van der Waals surface area contributed by atoms with Gasteiger partial charge in [0.25, 0.3) is 0 Å². The first-order valence-corrected chi connectivity index (χ1v) is 6.49. The van der Waals surface area contributed by atoms with E-state index in [1.54, 1.807) is 25.3 Å². The minimum Gasteiger partial charge on any atom is -0.481 e. The molecule has 0 fully saturated rings. The third-order valence-corrected chi connectivity index (χ3v) is 3.35. The third kappa shape index (κ3) is 3.69. The molecule has 0 saturated carbocycles. The lowest BCUT2D eigenvalue weighted by Gasteiger charge is -2.04. The highest BCUT2D eigenvalue weighted by molar-refractivity contribution is 7.98. The van der Waals surface area contributed by atoms with Gasteiger partial charge in [-0.15, -0.1) is 11.8 Å². The molecule has 2 rings (SSSR count). The number of carboxylic acids is 1. The highest BCUT2D eigenvalue weighted by Gasteiger charge is 2.06. The van der Waals surface area contributed by atoms with Crippen LogP contribution in [0.1, 0.15) is 16.2 Å². The van der Waals surface area contributed by atoms with Crippen LogP contribution in [-0.4, -0.2) is 28.2 Å². The molecule has 1 N–H and O–H groups in total. The average Bonchev–Trinajstić information content (AvgIpc) is 2.45. The molecule has 0 atom stereocenters. The number of aromatic nitrogens is 2. The number of rotatable bonds is 5. The zero-order valence-electron chi connectivity index (χ0n) is 10.2. The van der Waals surface area contributed by atoms with Crippen LogP contribution in [0, 0.1) is 0 Å². The standard InChI is InChI=1S/C13H12N2O3S/c1-18-12-4-2-3-9(15-12)8-19-10-5-6-14-11(7-10)13(16)17/h2-7H,8H2,1H3,(H,16,17). The van der Waals surface area contributed by atoms with E-state index in [1.807, 2.05) is 12.1 Å². The number of thioether (sulfide) groups is 1. The lowest BCUT2D eigenvalue weighted by atomic mass is 10.3. The number of nitrogens with zero attached hydrogens (tertiary/aromatic N) is 2. The summed E-state index contributed by atoms with van der Waals surface area (Å²) in [6, 6.07) is 8.87. The Morgan fingerprint density at radius 3 is 3.00 bits per heavy atom. The molecule has 0 spiro atoms. The minimum atomic E-state index is -1.03. The maximum atomic E-state index is 10.8. The Morgan fingerprint density at radius 2 is 2.26 bits per heavy atom. The first-order chi connectivity index (χ1) is 9.19. The summed E-state index contributed by atoms with van der Waals surface area (Å²) in [6.45, 7) is 0. The Hall–Kier alpha value is -2.08. The fourth-order valence-corrected chi connectivity index (χ4v) is 2.25. The Morgan fingerprint density at radius 1 is 1.42 bits per heavy atom. The molecule has 98 valence electrons. The fraction of sp³-hybridized carbons (Fsp3) is 0.154. The molecule has 0 aromatic carbocycles. The van der Waals surface area contributed by atoms with E-state index in [0.717, 1.165) is 10.6 Å². The molecule has 2 heterocycles. The van der Waals surface area contributed by atoms with Crippen molar-refractivity contribution in [3.8, 4) is 5.88 Å². The minimum absolute atomic E-state index is 0.0450. The molecule has 0 saturated heterocycles. The van der Waals surface area contributed by atoms with Crippen molar-refractivity contribution >= 4 is 17.7 Å². The van der Waals surface area contributed by atoms with Gasteiger partial charge in [0.15, 0.2) is 0 Å². The van der Waals surface area contributed by atoms with Gasteiger partial charge in [0.05, 0.1) is 12.8 Å². The van der Waals surface area contributed by atoms with Gasteiger partial charge in [0.1, 0.15) is 5.69 Å². The first kappa shape index (κ1) is 13.4. The van der Waals surface area contributed by atoms with E-state index >= 15 is 0 Å². The molecular weight excluding hydrogens is 264 g/mol. The van der Waals surface area contributed by atoms with E-state index < -0.39 is 5.97 Å². The van der Waals surface area contributed by atoms with Crippen LogP contribution in [0.15, 0.2) is 41.4 Å². The molecule has 0 aliphatic heterocycles. The first-order valence-electron chi connectivity index (χ1n) is 5.51. The number of pyridine rings is 2. The zero-order valence-corrected chi connectivity index (χ0v) is 11.1. The molecule has 2 aromatic rings. The number of aromatic carboxylic acids is 1. The van der Waals surface area contributed by atoms with Crippen molar-refractivity contribution in [2.75, 3.05) is 7.11 Å². The van der Waals surface area contributed by atoms with Crippen molar-refractivity contribution in [1.29, 1.82) is 0 Å². The smallest absolute Gasteiger partial charge is 0.354 e. The lowest BCUT2D eigenvalue weighted by molar-refractivity contribution is 0.0690. The van der Waals surface area contributed by atoms with Crippen LogP contribution < -0.4 is 4.74 Å². The predicted molar refractivity (Wildman–Crippen MR) is 71.5 cm³/mol. The van der Waals surface area contributed by atoms with Crippen molar-refractivity contribution in [3.63, 3.8) is 0 Å². The van der Waals surface area contributed by atoms with Gasteiger partial charge in [-0.25, -0.2) is 14.8 Å². The molecule has 0 aliphatic carbocycles. The number of hydrogen-bond acceptors (Lipinski definition) is 5. The Bertz CT molecular complexity index is 590. The highest BCUT2D eigenvalue weighted by atomic mass is 32.2. The van der Waals surface area contributed by atoms with Crippen molar-refractivity contribution in [1.82, 2.24) is 9.97 Å². The van der Waals surface area contributed by atoms with E-state index in [2.05, 4.69) is 9.97 Å². The van der Waals surface area contributed by atoms with Crippen LogP contribution >= 0.6 is 11.8 Å². The molecule has 0 bridgehead atoms. The maximum absolute atomic E-state index is 10.8. The molecule has 0 amide bonds. The molecule has 19 heavy (non-hydrogen) atoms. The fourth-order valence-electron chi connectivity index (χ4n) is 1.43. The van der Waals surface area contributed by atoms with Crippen molar-refractivity contribution < 1.29 is 14.6 Å². The third-order valence-electron chi connectivity index (χ3n) is 2.33. The second kappa shape index (κ2) is 6.19. The second-order valence-electron chi connectivity index (χ2n) is 3.64. The second-order valence-corrected chi connectivity index (χ2v) is 4.69. The van der Waals surface area contributed by atoms with Crippen LogP contribution in [0.2, 0.25) is 0 Å². The van der Waals surface area contributed by atoms with E-state index in [4.69, 9.17) is 9.84 Å². The molecule has 5 nitrogen and oxygen atoms in total. The molecule has 6 heteroatoms. The van der Waals surface area contributed by atoms with Gasteiger partial charge < -0.3 is 9.84 Å². The van der Waals surface area contributed by atoms with Crippen molar-refractivity contribution in [2.24, 2.45) is 0 Å². The Kier molecular flexibility index (Phi) is 4.35. The summed E-state index contributed by atoms with van der Waals surface area (Å²) in [6.07, 6.45) is 1.49. The van der Waals surface area contributed by atoms with Crippen LogP contribution in [0.4, 0.5) is 0 Å². The largest absolute Gasteiger partial charge is 0.481 e. The van der Waals surface area contributed by atoms with E-state index in [1.165, 1.54) is 18.0 Å². The number of carbonyl (C=O) groups is 1. The van der Waals surface area contributed by atoms with Gasteiger partial charge in [0.2, 0.25) is 5.88 Å². The Labute approximate surface area is 114 Å². The predicted octanol–water partition coefficient (Wildman–Crippen LogP) is 2.48. The summed E-state index contributed by atoms with van der Waals surface area (Å²) >= 11 is 1.50. The molecular formula is C13H12N2O3S. The normalized spacial score (nSPS) is 10.2. The zero-order chi connectivity index (χ0) is 13.7. The molecule has 0 unspecified atom stereocenters. The maximum Gasteiger partial charge on any atom is 0.354 e. The van der Waals surface area contributed by atoms with E-state index in [-0.39, 0.29) is 5.69 Å². The number of ether oxygens (including phenoxy) is 1. The summed E-state index contributed by atoms with van der Waals surface area (Å²) in [7, 11) is 1.57. The van der Waals surface area contributed by atoms with Crippen molar-refractivity contribution in [2.45, 2.75) is 10.6 Å². The van der Waals surface area contributed by atoms with Gasteiger partial charge in [-0.05, 0) is 18.2 Å². The Balaban J connectivity index is 2.05. The summed E-state index contributed by atoms with van der Waals surface area (Å²) in [4.78, 5) is 19.7.